The summed E-state index contributed by atoms with van der Waals surface area (Å²) < 4.78 is 0. The second-order valence-electron chi connectivity index (χ2n) is 4.83. The summed E-state index contributed by atoms with van der Waals surface area (Å²) in [7, 11) is 0. The van der Waals surface area contributed by atoms with Crippen LogP contribution in [0.1, 0.15) is 16.1 Å². The number of aromatic nitrogens is 1. The molecule has 0 aliphatic rings. The van der Waals surface area contributed by atoms with Gasteiger partial charge in [-0.25, -0.2) is 9.78 Å². The SMILES string of the molecule is O=C(O)c1cccc(NCC(CO)Cc2ccccc2)n1. The molecule has 0 spiro atoms. The molecule has 2 aromatic rings. The Labute approximate surface area is 123 Å². The molecule has 0 fully saturated rings. The number of hydrogen-bond donors (Lipinski definition) is 3. The molecule has 5 nitrogen and oxygen atoms in total. The standard InChI is InChI=1S/C16H18N2O3/c19-11-13(9-12-5-2-1-3-6-12)10-17-15-8-4-7-14(18-15)16(20)21/h1-8,13,19H,9-11H2,(H,17,18)(H,20,21). The Morgan fingerprint density at radius 2 is 1.90 bits per heavy atom. The van der Waals surface area contributed by atoms with Crippen LogP contribution in [0.5, 0.6) is 0 Å². The van der Waals surface area contributed by atoms with Crippen molar-refractivity contribution in [1.29, 1.82) is 0 Å². The van der Waals surface area contributed by atoms with Gasteiger partial charge in [-0.1, -0.05) is 36.4 Å². The quantitative estimate of drug-likeness (QED) is 0.725. The van der Waals surface area contributed by atoms with Crippen molar-refractivity contribution in [1.82, 2.24) is 4.98 Å². The van der Waals surface area contributed by atoms with E-state index in [0.717, 1.165) is 12.0 Å². The lowest BCUT2D eigenvalue weighted by atomic mass is 10.00. The first-order chi connectivity index (χ1) is 10.2. The van der Waals surface area contributed by atoms with Crippen LogP contribution in [-0.2, 0) is 6.42 Å². The number of carboxylic acid groups (broad SMARTS) is 1. The molecule has 0 amide bonds. The average molecular weight is 286 g/mol. The van der Waals surface area contributed by atoms with Crippen LogP contribution in [0.25, 0.3) is 0 Å². The zero-order valence-electron chi connectivity index (χ0n) is 11.6. The molecule has 1 atom stereocenters. The summed E-state index contributed by atoms with van der Waals surface area (Å²) in [6.45, 7) is 0.585. The Morgan fingerprint density at radius 1 is 1.14 bits per heavy atom. The molecule has 1 aromatic heterocycles. The van der Waals surface area contributed by atoms with Crippen molar-refractivity contribution >= 4 is 11.8 Å². The van der Waals surface area contributed by atoms with Crippen molar-refractivity contribution in [2.75, 3.05) is 18.5 Å². The molecule has 0 bridgehead atoms. The van der Waals surface area contributed by atoms with Gasteiger partial charge in [0.05, 0.1) is 0 Å². The third-order valence-corrected chi connectivity index (χ3v) is 3.17. The van der Waals surface area contributed by atoms with Gasteiger partial charge in [-0.05, 0) is 24.1 Å². The van der Waals surface area contributed by atoms with Crippen LogP contribution < -0.4 is 5.32 Å². The van der Waals surface area contributed by atoms with E-state index in [2.05, 4.69) is 10.3 Å². The first kappa shape index (κ1) is 15.0. The highest BCUT2D eigenvalue weighted by atomic mass is 16.4. The highest BCUT2D eigenvalue weighted by Gasteiger charge is 2.10. The number of benzene rings is 1. The van der Waals surface area contributed by atoms with Crippen LogP contribution >= 0.6 is 0 Å². The van der Waals surface area contributed by atoms with E-state index in [1.807, 2.05) is 30.3 Å². The number of hydrogen-bond acceptors (Lipinski definition) is 4. The Morgan fingerprint density at radius 3 is 2.57 bits per heavy atom. The van der Waals surface area contributed by atoms with E-state index in [0.29, 0.717) is 12.4 Å². The third-order valence-electron chi connectivity index (χ3n) is 3.17. The topological polar surface area (TPSA) is 82.5 Å². The number of aliphatic hydroxyl groups excluding tert-OH is 1. The number of carbonyl (C=O) groups is 1. The summed E-state index contributed by atoms with van der Waals surface area (Å²) in [5.74, 6) is -0.509. The van der Waals surface area contributed by atoms with Gasteiger partial charge in [-0.2, -0.15) is 0 Å². The highest BCUT2D eigenvalue weighted by molar-refractivity contribution is 5.85. The summed E-state index contributed by atoms with van der Waals surface area (Å²) in [4.78, 5) is 14.9. The normalized spacial score (nSPS) is 11.9. The second-order valence-corrected chi connectivity index (χ2v) is 4.83. The smallest absolute Gasteiger partial charge is 0.354 e. The van der Waals surface area contributed by atoms with Gasteiger partial charge < -0.3 is 15.5 Å². The van der Waals surface area contributed by atoms with E-state index in [4.69, 9.17) is 5.11 Å². The van der Waals surface area contributed by atoms with E-state index < -0.39 is 5.97 Å². The van der Waals surface area contributed by atoms with Crippen LogP contribution in [-0.4, -0.2) is 34.3 Å². The lowest BCUT2D eigenvalue weighted by Gasteiger charge is -2.15. The van der Waals surface area contributed by atoms with Gasteiger partial charge >= 0.3 is 5.97 Å². The predicted octanol–water partition coefficient (Wildman–Crippen LogP) is 2.04. The van der Waals surface area contributed by atoms with Crippen molar-refractivity contribution < 1.29 is 15.0 Å². The number of pyridine rings is 1. The maximum Gasteiger partial charge on any atom is 0.354 e. The van der Waals surface area contributed by atoms with E-state index in [9.17, 15) is 9.90 Å². The van der Waals surface area contributed by atoms with Crippen molar-refractivity contribution in [3.8, 4) is 0 Å². The number of aromatic carboxylic acids is 1. The monoisotopic (exact) mass is 286 g/mol. The van der Waals surface area contributed by atoms with Crippen LogP contribution in [0.15, 0.2) is 48.5 Å². The number of nitrogens with zero attached hydrogens (tertiary/aromatic N) is 1. The molecule has 21 heavy (non-hydrogen) atoms. The molecule has 1 heterocycles. The lowest BCUT2D eigenvalue weighted by molar-refractivity contribution is 0.0690. The van der Waals surface area contributed by atoms with Gasteiger partial charge in [-0.3, -0.25) is 0 Å². The molecular weight excluding hydrogens is 268 g/mol. The summed E-state index contributed by atoms with van der Waals surface area (Å²) in [6.07, 6.45) is 0.753. The number of anilines is 1. The third kappa shape index (κ3) is 4.57. The van der Waals surface area contributed by atoms with Crippen LogP contribution in [0.2, 0.25) is 0 Å². The zero-order chi connectivity index (χ0) is 15.1. The number of carboxylic acids is 1. The second kappa shape index (κ2) is 7.40. The molecule has 2 rings (SSSR count). The van der Waals surface area contributed by atoms with Crippen LogP contribution in [0, 0.1) is 5.92 Å². The molecule has 110 valence electrons. The highest BCUT2D eigenvalue weighted by Crippen LogP contribution is 2.11. The van der Waals surface area contributed by atoms with Crippen LogP contribution in [0.4, 0.5) is 5.82 Å². The summed E-state index contributed by atoms with van der Waals surface area (Å²) in [5.41, 5.74) is 1.16. The fourth-order valence-electron chi connectivity index (χ4n) is 2.05. The van der Waals surface area contributed by atoms with Crippen molar-refractivity contribution in [2.24, 2.45) is 5.92 Å². The molecule has 1 unspecified atom stereocenters. The first-order valence-electron chi connectivity index (χ1n) is 6.78. The molecule has 0 aliphatic carbocycles. The van der Waals surface area contributed by atoms with Gasteiger partial charge in [0.1, 0.15) is 5.82 Å². The van der Waals surface area contributed by atoms with E-state index in [1.54, 1.807) is 12.1 Å². The van der Waals surface area contributed by atoms with Gasteiger partial charge in [0.15, 0.2) is 5.69 Å². The first-order valence-corrected chi connectivity index (χ1v) is 6.78. The van der Waals surface area contributed by atoms with E-state index >= 15 is 0 Å². The van der Waals surface area contributed by atoms with Gasteiger partial charge in [-0.15, -0.1) is 0 Å². The fourth-order valence-corrected chi connectivity index (χ4v) is 2.05. The summed E-state index contributed by atoms with van der Waals surface area (Å²) in [6, 6.07) is 14.7. The van der Waals surface area contributed by atoms with Crippen molar-refractivity contribution in [2.45, 2.75) is 6.42 Å². The molecule has 0 aliphatic heterocycles. The van der Waals surface area contributed by atoms with Gasteiger partial charge in [0, 0.05) is 19.1 Å². The maximum atomic E-state index is 10.9. The van der Waals surface area contributed by atoms with E-state index in [1.165, 1.54) is 6.07 Å². The zero-order valence-corrected chi connectivity index (χ0v) is 11.6. The van der Waals surface area contributed by atoms with Gasteiger partial charge in [0.2, 0.25) is 0 Å². The summed E-state index contributed by atoms with van der Waals surface area (Å²) in [5, 5.41) is 21.4. The average Bonchev–Trinajstić information content (AvgIpc) is 2.52. The molecule has 1 aromatic carbocycles. The lowest BCUT2D eigenvalue weighted by Crippen LogP contribution is -2.21. The van der Waals surface area contributed by atoms with Gasteiger partial charge in [0.25, 0.3) is 0 Å². The Balaban J connectivity index is 1.94. The molecule has 0 radical (unpaired) electrons. The largest absolute Gasteiger partial charge is 0.477 e. The number of rotatable bonds is 7. The summed E-state index contributed by atoms with van der Waals surface area (Å²) >= 11 is 0. The van der Waals surface area contributed by atoms with Crippen molar-refractivity contribution in [3.05, 3.63) is 59.8 Å². The minimum atomic E-state index is -1.05. The fraction of sp³-hybridized carbons (Fsp3) is 0.250. The molecular formula is C16H18N2O3. The van der Waals surface area contributed by atoms with E-state index in [-0.39, 0.29) is 18.2 Å². The minimum absolute atomic E-state index is 0.00334. The molecule has 5 heteroatoms. The number of nitrogens with one attached hydrogen (secondary N) is 1. The molecule has 3 N–H and O–H groups in total. The predicted molar refractivity (Wildman–Crippen MR) is 80.4 cm³/mol. The molecule has 0 saturated heterocycles. The minimum Gasteiger partial charge on any atom is -0.477 e. The number of aliphatic hydroxyl groups is 1. The van der Waals surface area contributed by atoms with Crippen LogP contribution in [0.3, 0.4) is 0 Å². The Hall–Kier alpha value is -2.40. The van der Waals surface area contributed by atoms with Crippen molar-refractivity contribution in [3.63, 3.8) is 0 Å². The Kier molecular flexibility index (Phi) is 5.29. The maximum absolute atomic E-state index is 10.9. The Bertz CT molecular complexity index is 587. The molecule has 0 saturated carbocycles.